The summed E-state index contributed by atoms with van der Waals surface area (Å²) < 4.78 is 9.09. The Bertz CT molecular complexity index is 1850. The molecule has 4 aliphatic heterocycles. The lowest BCUT2D eigenvalue weighted by Crippen LogP contribution is -2.40. The summed E-state index contributed by atoms with van der Waals surface area (Å²) in [5.74, 6) is 2.23. The maximum Gasteiger partial charge on any atom is 0.314 e. The fourth-order valence-electron chi connectivity index (χ4n) is 8.45. The van der Waals surface area contributed by atoms with Crippen molar-refractivity contribution in [1.82, 2.24) is 59.3 Å². The minimum atomic E-state index is -0.114. The number of nitrogens with zero attached hydrogens (tertiary/aromatic N) is 8. The van der Waals surface area contributed by atoms with Crippen molar-refractivity contribution in [2.45, 2.75) is 51.6 Å². The van der Waals surface area contributed by atoms with Crippen LogP contribution >= 0.6 is 0 Å². The normalized spacial score (nSPS) is 16.9. The first-order chi connectivity index (χ1) is 26.3. The fraction of sp³-hybridized carbons (Fsp3) is 0.500. The number of fused-ring (bicyclic) bond motifs is 4. The van der Waals surface area contributed by atoms with Crippen molar-refractivity contribution < 1.29 is 15.1 Å². The van der Waals surface area contributed by atoms with Gasteiger partial charge >= 0.3 is 12.1 Å². The van der Waals surface area contributed by atoms with Crippen LogP contribution in [0.5, 0.6) is 0 Å². The number of nitrogens with one attached hydrogen (secondary N) is 4. The van der Waals surface area contributed by atoms with E-state index in [1.54, 1.807) is 14.1 Å². The molecule has 296 valence electrons. The van der Waals surface area contributed by atoms with Gasteiger partial charge in [-0.05, 0) is 37.8 Å². The fourth-order valence-corrected chi connectivity index (χ4v) is 8.45. The molecule has 15 nitrogen and oxygen atoms in total. The number of carbonyl (C=O) groups is 2. The smallest absolute Gasteiger partial charge is 0.314 e. The molecule has 15 heteroatoms. The first-order valence-corrected chi connectivity index (χ1v) is 19.5. The van der Waals surface area contributed by atoms with Crippen LogP contribution in [0.25, 0.3) is 11.1 Å². The molecule has 4 aliphatic rings. The van der Waals surface area contributed by atoms with E-state index < -0.39 is 0 Å². The summed E-state index contributed by atoms with van der Waals surface area (Å²) in [6.07, 6.45) is 18.7. The zero-order chi connectivity index (χ0) is 37.6. The van der Waals surface area contributed by atoms with Crippen LogP contribution in [0, 0.1) is 0 Å². The molecule has 4 amide bonds. The Morgan fingerprint density at radius 1 is 0.600 bits per heavy atom. The lowest BCUT2D eigenvalue weighted by molar-refractivity contribution is 0.232. The van der Waals surface area contributed by atoms with Gasteiger partial charge in [-0.15, -0.1) is 0 Å². The summed E-state index contributed by atoms with van der Waals surface area (Å²) in [4.78, 5) is 36.9. The van der Waals surface area contributed by atoms with Crippen molar-refractivity contribution in [3.8, 4) is 0 Å². The van der Waals surface area contributed by atoms with E-state index in [2.05, 4.69) is 100 Å². The van der Waals surface area contributed by atoms with E-state index >= 15 is 0 Å². The van der Waals surface area contributed by atoms with Crippen LogP contribution in [0.2, 0.25) is 0 Å². The number of rotatable bonds is 6. The minimum absolute atomic E-state index is 0. The lowest BCUT2D eigenvalue weighted by atomic mass is 9.92. The number of hydrogen-bond acceptors (Lipinski definition) is 6. The van der Waals surface area contributed by atoms with Crippen molar-refractivity contribution in [1.29, 1.82) is 0 Å². The van der Waals surface area contributed by atoms with Gasteiger partial charge in [-0.3, -0.25) is 0 Å². The molecule has 2 saturated heterocycles. The second kappa shape index (κ2) is 18.0. The number of piperidine rings is 2. The highest BCUT2D eigenvalue weighted by Crippen LogP contribution is 2.37. The van der Waals surface area contributed by atoms with Gasteiger partial charge in [-0.1, -0.05) is 11.1 Å². The molecular formula is C40H58N12O3. The molecule has 0 unspecified atom stereocenters. The summed E-state index contributed by atoms with van der Waals surface area (Å²) in [5, 5.41) is 10.9. The first kappa shape index (κ1) is 39.6. The van der Waals surface area contributed by atoms with Gasteiger partial charge in [0.05, 0.1) is 0 Å². The van der Waals surface area contributed by atoms with Crippen LogP contribution in [0.15, 0.2) is 60.5 Å². The topological polar surface area (TPSA) is 166 Å². The molecule has 2 fully saturated rings. The van der Waals surface area contributed by atoms with Gasteiger partial charge < -0.3 is 54.8 Å². The highest BCUT2D eigenvalue weighted by atomic mass is 16.2. The largest absolute Gasteiger partial charge is 0.412 e. The maximum atomic E-state index is 11.3. The predicted octanol–water partition coefficient (Wildman–Crippen LogP) is 2.38. The van der Waals surface area contributed by atoms with Gasteiger partial charge in [0, 0.05) is 177 Å². The molecule has 0 bridgehead atoms. The van der Waals surface area contributed by atoms with Crippen molar-refractivity contribution in [2.24, 2.45) is 14.1 Å². The number of hydrogen-bond donors (Lipinski definition) is 4. The average molecular weight is 755 g/mol. The molecule has 55 heavy (non-hydrogen) atoms. The van der Waals surface area contributed by atoms with E-state index in [4.69, 9.17) is 9.97 Å². The maximum absolute atomic E-state index is 11.3. The van der Waals surface area contributed by atoms with E-state index in [9.17, 15) is 9.59 Å². The highest BCUT2D eigenvalue weighted by Gasteiger charge is 2.28. The quantitative estimate of drug-likeness (QED) is 0.236. The van der Waals surface area contributed by atoms with Crippen molar-refractivity contribution in [2.75, 3.05) is 66.5 Å². The Balaban J connectivity index is 0.000000184. The molecule has 8 heterocycles. The SMILES string of the molecule is CNC(=O)NCCN1CCC(=C2c3ccn(C)c3CCn3ccnc32)CC1.CNC(=O)NCCN1CCC(=C2c3ccn(C)c3CCn3ccnc32)CC1.O. The number of carbonyl (C=O) groups excluding carboxylic acids is 2. The Morgan fingerprint density at radius 3 is 1.38 bits per heavy atom. The molecule has 4 aromatic rings. The number of imidazole rings is 2. The molecule has 0 atom stereocenters. The third kappa shape index (κ3) is 8.74. The van der Waals surface area contributed by atoms with E-state index in [0.29, 0.717) is 13.1 Å². The number of likely N-dealkylation sites (tertiary alicyclic amines) is 2. The molecule has 8 rings (SSSR count). The van der Waals surface area contributed by atoms with E-state index in [-0.39, 0.29) is 17.5 Å². The molecule has 0 saturated carbocycles. The van der Waals surface area contributed by atoms with Crippen molar-refractivity contribution >= 4 is 23.2 Å². The summed E-state index contributed by atoms with van der Waals surface area (Å²) in [7, 11) is 7.56. The summed E-state index contributed by atoms with van der Waals surface area (Å²) in [6.45, 7) is 9.20. The number of amides is 4. The second-order valence-corrected chi connectivity index (χ2v) is 14.6. The molecule has 6 N–H and O–H groups in total. The van der Waals surface area contributed by atoms with Crippen molar-refractivity contribution in [3.63, 3.8) is 0 Å². The molecule has 0 radical (unpaired) electrons. The summed E-state index contributed by atoms with van der Waals surface area (Å²) in [6, 6.07) is 4.27. The van der Waals surface area contributed by atoms with Crippen LogP contribution in [-0.2, 0) is 40.0 Å². The zero-order valence-electron chi connectivity index (χ0n) is 32.8. The lowest BCUT2D eigenvalue weighted by Gasteiger charge is -2.29. The average Bonchev–Trinajstić information content (AvgIpc) is 3.98. The van der Waals surface area contributed by atoms with Crippen LogP contribution in [-0.4, -0.2) is 122 Å². The number of aryl methyl sites for hydroxylation is 4. The van der Waals surface area contributed by atoms with Crippen LogP contribution in [0.1, 0.15) is 59.8 Å². The van der Waals surface area contributed by atoms with E-state index in [0.717, 1.165) is 103 Å². The van der Waals surface area contributed by atoms with Gasteiger partial charge in [0.25, 0.3) is 0 Å². The van der Waals surface area contributed by atoms with E-state index in [1.165, 1.54) is 44.8 Å². The summed E-state index contributed by atoms with van der Waals surface area (Å²) >= 11 is 0. The van der Waals surface area contributed by atoms with Gasteiger partial charge in [0.2, 0.25) is 0 Å². The molecule has 0 spiro atoms. The van der Waals surface area contributed by atoms with E-state index in [1.807, 2.05) is 12.4 Å². The molecule has 0 aliphatic carbocycles. The van der Waals surface area contributed by atoms with Gasteiger partial charge in [0.15, 0.2) is 0 Å². The van der Waals surface area contributed by atoms with Gasteiger partial charge in [-0.2, -0.15) is 0 Å². The van der Waals surface area contributed by atoms with Crippen LogP contribution in [0.3, 0.4) is 0 Å². The van der Waals surface area contributed by atoms with Crippen LogP contribution in [0.4, 0.5) is 9.59 Å². The number of aromatic nitrogens is 6. The Morgan fingerprint density at radius 2 is 1.00 bits per heavy atom. The third-order valence-electron chi connectivity index (χ3n) is 11.5. The van der Waals surface area contributed by atoms with Gasteiger partial charge in [-0.25, -0.2) is 19.6 Å². The molecule has 4 aromatic heterocycles. The van der Waals surface area contributed by atoms with Gasteiger partial charge in [0.1, 0.15) is 11.6 Å². The zero-order valence-corrected chi connectivity index (χ0v) is 32.8. The number of urea groups is 2. The molecular weight excluding hydrogens is 697 g/mol. The van der Waals surface area contributed by atoms with Crippen molar-refractivity contribution in [3.05, 3.63) is 94.6 Å². The third-order valence-corrected chi connectivity index (χ3v) is 11.5. The Labute approximate surface area is 323 Å². The monoisotopic (exact) mass is 754 g/mol. The minimum Gasteiger partial charge on any atom is -0.412 e. The van der Waals surface area contributed by atoms with Crippen LogP contribution < -0.4 is 21.3 Å². The second-order valence-electron chi connectivity index (χ2n) is 14.6. The first-order valence-electron chi connectivity index (χ1n) is 19.5. The molecule has 0 aromatic carbocycles. The standard InChI is InChI=1S/2C20H28N6O.H2O/c2*1-21-20(27)23-7-13-25-10-3-15(4-11-25)18-16-5-9-24(2)17(16)6-12-26-14-8-22-19(18)26;/h2*5,8-9,14H,3-4,6-7,10-13H2,1-2H3,(H2,21,23,27);1H2. The predicted molar refractivity (Wildman–Crippen MR) is 215 cm³/mol. The highest BCUT2D eigenvalue weighted by molar-refractivity contribution is 5.82. The summed E-state index contributed by atoms with van der Waals surface area (Å²) in [5.41, 5.74) is 11.2. The Hall–Kier alpha value is -5.12. The Kier molecular flexibility index (Phi) is 13.0.